The number of carbonyl (C=O) groups excluding carboxylic acids is 1. The molecule has 2 heterocycles. The van der Waals surface area contributed by atoms with Crippen LogP contribution < -0.4 is 20.3 Å². The van der Waals surface area contributed by atoms with Crippen molar-refractivity contribution in [3.63, 3.8) is 0 Å². The highest BCUT2D eigenvalue weighted by Gasteiger charge is 2.21. The maximum absolute atomic E-state index is 12.1. The van der Waals surface area contributed by atoms with Crippen molar-refractivity contribution in [2.24, 2.45) is 0 Å². The lowest BCUT2D eigenvalue weighted by atomic mass is 10.1. The Kier molecular flexibility index (Phi) is 4.50. The molecule has 1 aliphatic heterocycles. The molecule has 1 amide bonds. The van der Waals surface area contributed by atoms with Crippen molar-refractivity contribution in [1.29, 1.82) is 0 Å². The van der Waals surface area contributed by atoms with Crippen LogP contribution in [0.4, 0.5) is 0 Å². The van der Waals surface area contributed by atoms with Crippen molar-refractivity contribution >= 4 is 5.91 Å². The molecule has 1 aromatic carbocycles. The van der Waals surface area contributed by atoms with Crippen LogP contribution in [-0.4, -0.2) is 35.1 Å². The van der Waals surface area contributed by atoms with E-state index in [0.717, 1.165) is 0 Å². The lowest BCUT2D eigenvalue weighted by molar-refractivity contribution is -0.121. The van der Waals surface area contributed by atoms with E-state index in [1.807, 2.05) is 24.3 Å². The van der Waals surface area contributed by atoms with Gasteiger partial charge in [0.2, 0.25) is 5.91 Å². The van der Waals surface area contributed by atoms with Crippen LogP contribution in [0.1, 0.15) is 17.1 Å². The molecule has 1 atom stereocenters. The van der Waals surface area contributed by atoms with E-state index in [2.05, 4.69) is 15.3 Å². The molecule has 24 heavy (non-hydrogen) atoms. The summed E-state index contributed by atoms with van der Waals surface area (Å²) < 4.78 is 11.4. The number of fused-ring (bicyclic) bond motifs is 1. The molecule has 0 saturated carbocycles. The molecule has 126 valence electrons. The Hall–Kier alpha value is -2.83. The van der Waals surface area contributed by atoms with Gasteiger partial charge in [-0.2, -0.15) is 0 Å². The number of nitrogens with zero attached hydrogens (tertiary/aromatic N) is 1. The van der Waals surface area contributed by atoms with E-state index in [0.29, 0.717) is 41.7 Å². The zero-order chi connectivity index (χ0) is 17.1. The van der Waals surface area contributed by atoms with E-state index in [9.17, 15) is 9.59 Å². The molecule has 7 heteroatoms. The first kappa shape index (κ1) is 16.0. The number of para-hydroxylation sites is 2. The number of aryl methyl sites for hydroxylation is 2. The number of carbonyl (C=O) groups is 1. The summed E-state index contributed by atoms with van der Waals surface area (Å²) >= 11 is 0. The van der Waals surface area contributed by atoms with Crippen LogP contribution in [-0.2, 0) is 11.2 Å². The van der Waals surface area contributed by atoms with E-state index in [1.54, 1.807) is 13.8 Å². The van der Waals surface area contributed by atoms with Gasteiger partial charge in [0.05, 0.1) is 13.0 Å². The highest BCUT2D eigenvalue weighted by Crippen LogP contribution is 2.30. The van der Waals surface area contributed by atoms with Crippen molar-refractivity contribution < 1.29 is 14.3 Å². The fraction of sp³-hybridized carbons (Fsp3) is 0.353. The van der Waals surface area contributed by atoms with Gasteiger partial charge in [-0.15, -0.1) is 0 Å². The standard InChI is InChI=1S/C17H19N3O4/c1-10-13(17(22)20-11(2)19-10)7-16(21)18-8-12-9-23-14-5-3-4-6-15(14)24-12/h3-6,12H,7-9H2,1-2H3,(H,18,21)(H,19,20,22)/t12-/m0/s1. The number of H-pyrrole nitrogens is 1. The third-order valence-electron chi connectivity index (χ3n) is 3.77. The third kappa shape index (κ3) is 3.56. The third-order valence-corrected chi connectivity index (χ3v) is 3.77. The summed E-state index contributed by atoms with van der Waals surface area (Å²) in [7, 11) is 0. The summed E-state index contributed by atoms with van der Waals surface area (Å²) in [6, 6.07) is 7.40. The lowest BCUT2D eigenvalue weighted by Gasteiger charge is -2.26. The van der Waals surface area contributed by atoms with Crippen molar-refractivity contribution in [3.05, 3.63) is 51.7 Å². The summed E-state index contributed by atoms with van der Waals surface area (Å²) in [4.78, 5) is 30.8. The molecule has 2 aromatic rings. The van der Waals surface area contributed by atoms with Crippen molar-refractivity contribution in [2.45, 2.75) is 26.4 Å². The van der Waals surface area contributed by atoms with Crippen LogP contribution in [0.5, 0.6) is 11.5 Å². The van der Waals surface area contributed by atoms with Crippen molar-refractivity contribution in [3.8, 4) is 11.5 Å². The molecular weight excluding hydrogens is 310 g/mol. The second kappa shape index (κ2) is 6.74. The molecule has 1 aliphatic rings. The van der Waals surface area contributed by atoms with Gasteiger partial charge in [0.1, 0.15) is 18.5 Å². The number of ether oxygens (including phenoxy) is 2. The van der Waals surface area contributed by atoms with Crippen LogP contribution in [0, 0.1) is 13.8 Å². The second-order valence-corrected chi connectivity index (χ2v) is 5.69. The fourth-order valence-corrected chi connectivity index (χ4v) is 2.57. The van der Waals surface area contributed by atoms with E-state index in [-0.39, 0.29) is 24.0 Å². The molecule has 1 aromatic heterocycles. The number of nitrogens with one attached hydrogen (secondary N) is 2. The molecule has 0 radical (unpaired) electrons. The van der Waals surface area contributed by atoms with Gasteiger partial charge in [-0.25, -0.2) is 4.98 Å². The Morgan fingerprint density at radius 1 is 1.33 bits per heavy atom. The maximum Gasteiger partial charge on any atom is 0.254 e. The fourth-order valence-electron chi connectivity index (χ4n) is 2.57. The first-order valence-corrected chi connectivity index (χ1v) is 7.74. The molecule has 0 spiro atoms. The maximum atomic E-state index is 12.1. The molecule has 0 fully saturated rings. The topological polar surface area (TPSA) is 93.3 Å². The molecule has 0 aliphatic carbocycles. The Balaban J connectivity index is 1.56. The molecule has 0 bridgehead atoms. The summed E-state index contributed by atoms with van der Waals surface area (Å²) in [6.45, 7) is 4.10. The summed E-state index contributed by atoms with van der Waals surface area (Å²) in [5, 5.41) is 2.78. The highest BCUT2D eigenvalue weighted by atomic mass is 16.6. The number of rotatable bonds is 4. The molecule has 2 N–H and O–H groups in total. The van der Waals surface area contributed by atoms with Gasteiger partial charge >= 0.3 is 0 Å². The number of aromatic nitrogens is 2. The van der Waals surface area contributed by atoms with Gasteiger partial charge in [0, 0.05) is 11.3 Å². The number of benzene rings is 1. The van der Waals surface area contributed by atoms with Crippen LogP contribution in [0.2, 0.25) is 0 Å². The van der Waals surface area contributed by atoms with Crippen molar-refractivity contribution in [1.82, 2.24) is 15.3 Å². The average Bonchev–Trinajstić information content (AvgIpc) is 2.56. The largest absolute Gasteiger partial charge is 0.486 e. The van der Waals surface area contributed by atoms with E-state index in [1.165, 1.54) is 0 Å². The number of hydrogen-bond acceptors (Lipinski definition) is 5. The number of hydrogen-bond donors (Lipinski definition) is 2. The molecule has 7 nitrogen and oxygen atoms in total. The Morgan fingerprint density at radius 2 is 2.08 bits per heavy atom. The average molecular weight is 329 g/mol. The van der Waals surface area contributed by atoms with Gasteiger partial charge in [0.15, 0.2) is 11.5 Å². The Labute approximate surface area is 139 Å². The predicted molar refractivity (Wildman–Crippen MR) is 87.4 cm³/mol. The first-order valence-electron chi connectivity index (χ1n) is 7.74. The second-order valence-electron chi connectivity index (χ2n) is 5.69. The minimum Gasteiger partial charge on any atom is -0.486 e. The van der Waals surface area contributed by atoms with E-state index in [4.69, 9.17) is 9.47 Å². The zero-order valence-electron chi connectivity index (χ0n) is 13.6. The van der Waals surface area contributed by atoms with Crippen LogP contribution >= 0.6 is 0 Å². The van der Waals surface area contributed by atoms with Crippen LogP contribution in [0.15, 0.2) is 29.1 Å². The normalized spacial score (nSPS) is 15.8. The molecule has 0 saturated heterocycles. The van der Waals surface area contributed by atoms with Gasteiger partial charge in [-0.3, -0.25) is 9.59 Å². The quantitative estimate of drug-likeness (QED) is 0.869. The summed E-state index contributed by atoms with van der Waals surface area (Å²) in [5.41, 5.74) is 0.670. The van der Waals surface area contributed by atoms with E-state index >= 15 is 0 Å². The molecule has 0 unspecified atom stereocenters. The van der Waals surface area contributed by atoms with Crippen molar-refractivity contribution in [2.75, 3.05) is 13.2 Å². The summed E-state index contributed by atoms with van der Waals surface area (Å²) in [5.74, 6) is 1.65. The molecular formula is C17H19N3O4. The monoisotopic (exact) mass is 329 g/mol. The van der Waals surface area contributed by atoms with Crippen LogP contribution in [0.3, 0.4) is 0 Å². The van der Waals surface area contributed by atoms with Gasteiger partial charge < -0.3 is 19.8 Å². The van der Waals surface area contributed by atoms with E-state index < -0.39 is 0 Å². The van der Waals surface area contributed by atoms with Gasteiger partial charge in [-0.05, 0) is 26.0 Å². The SMILES string of the molecule is Cc1nc(C)c(CC(=O)NC[C@H]2COc3ccccc3O2)c(=O)[nH]1. The Bertz CT molecular complexity index is 816. The van der Waals surface area contributed by atoms with Gasteiger partial charge in [0.25, 0.3) is 5.56 Å². The minimum atomic E-state index is -0.277. The van der Waals surface area contributed by atoms with Gasteiger partial charge in [-0.1, -0.05) is 12.1 Å². The zero-order valence-corrected chi connectivity index (χ0v) is 13.6. The smallest absolute Gasteiger partial charge is 0.254 e. The highest BCUT2D eigenvalue weighted by molar-refractivity contribution is 5.78. The first-order chi connectivity index (χ1) is 11.5. The predicted octanol–water partition coefficient (Wildman–Crippen LogP) is 0.885. The number of amides is 1. The lowest BCUT2D eigenvalue weighted by Crippen LogP contribution is -2.41. The number of aromatic amines is 1. The Morgan fingerprint density at radius 3 is 2.83 bits per heavy atom. The summed E-state index contributed by atoms with van der Waals surface area (Å²) in [6.07, 6.45) is -0.280. The van der Waals surface area contributed by atoms with Crippen LogP contribution in [0.25, 0.3) is 0 Å². The minimum absolute atomic E-state index is 0.0153. The molecule has 3 rings (SSSR count).